The maximum atomic E-state index is 5.50. The van der Waals surface area contributed by atoms with Gasteiger partial charge in [-0.15, -0.1) is 0 Å². The van der Waals surface area contributed by atoms with Crippen molar-refractivity contribution in [3.05, 3.63) is 54.0 Å². The molecule has 0 unspecified atom stereocenters. The van der Waals surface area contributed by atoms with Crippen molar-refractivity contribution in [1.29, 1.82) is 0 Å². The molecule has 0 atom stereocenters. The van der Waals surface area contributed by atoms with Crippen LogP contribution in [-0.4, -0.2) is 53.0 Å². The lowest BCUT2D eigenvalue weighted by atomic mass is 10.2. The largest absolute Gasteiger partial charge is 0.495 e. The third kappa shape index (κ3) is 3.45. The summed E-state index contributed by atoms with van der Waals surface area (Å²) < 4.78 is 7.30. The topological polar surface area (TPSA) is 59.3 Å². The van der Waals surface area contributed by atoms with Crippen LogP contribution < -0.4 is 14.5 Å². The van der Waals surface area contributed by atoms with Gasteiger partial charge in [0.2, 0.25) is 0 Å². The summed E-state index contributed by atoms with van der Waals surface area (Å²) in [5.74, 6) is 2.47. The lowest BCUT2D eigenvalue weighted by Gasteiger charge is -2.37. The first-order valence-electron chi connectivity index (χ1n) is 9.15. The standard InChI is InChI=1S/C20H24N6O/c1-15-14-16(2)26(23-15)20-21-9-8-19(22-20)25-12-10-24(11-13-25)17-6-4-5-7-18(17)27-3/h4-9,14H,10-13H2,1-3H3. The normalized spacial score (nSPS) is 14.5. The van der Waals surface area contributed by atoms with Crippen molar-refractivity contribution in [2.45, 2.75) is 13.8 Å². The van der Waals surface area contributed by atoms with Gasteiger partial charge in [-0.25, -0.2) is 9.67 Å². The molecule has 0 aliphatic carbocycles. The fourth-order valence-corrected chi connectivity index (χ4v) is 3.52. The predicted octanol–water partition coefficient (Wildman–Crippen LogP) is 2.61. The summed E-state index contributed by atoms with van der Waals surface area (Å²) in [5.41, 5.74) is 3.14. The van der Waals surface area contributed by atoms with Crippen molar-refractivity contribution in [1.82, 2.24) is 19.7 Å². The molecule has 3 aromatic rings. The molecule has 0 saturated carbocycles. The summed E-state index contributed by atoms with van der Waals surface area (Å²) >= 11 is 0. The van der Waals surface area contributed by atoms with Crippen LogP contribution in [0.2, 0.25) is 0 Å². The molecule has 0 spiro atoms. The molecule has 2 aromatic heterocycles. The third-order valence-electron chi connectivity index (χ3n) is 4.86. The number of hydrogen-bond donors (Lipinski definition) is 0. The van der Waals surface area contributed by atoms with E-state index in [1.54, 1.807) is 18.0 Å². The summed E-state index contributed by atoms with van der Waals surface area (Å²) in [5, 5.41) is 4.49. The Labute approximate surface area is 159 Å². The maximum Gasteiger partial charge on any atom is 0.252 e. The van der Waals surface area contributed by atoms with E-state index in [2.05, 4.69) is 32.0 Å². The van der Waals surface area contributed by atoms with Crippen LogP contribution in [0.1, 0.15) is 11.4 Å². The smallest absolute Gasteiger partial charge is 0.252 e. The minimum absolute atomic E-state index is 0.616. The van der Waals surface area contributed by atoms with E-state index in [9.17, 15) is 0 Å². The number of rotatable bonds is 4. The zero-order chi connectivity index (χ0) is 18.8. The molecule has 7 nitrogen and oxygen atoms in total. The molecule has 1 aromatic carbocycles. The first-order chi connectivity index (χ1) is 13.2. The number of aromatic nitrogens is 4. The van der Waals surface area contributed by atoms with Gasteiger partial charge in [-0.3, -0.25) is 0 Å². The SMILES string of the molecule is COc1ccccc1N1CCN(c2ccnc(-n3nc(C)cc3C)n2)CC1. The van der Waals surface area contributed by atoms with Gasteiger partial charge in [0.25, 0.3) is 5.95 Å². The van der Waals surface area contributed by atoms with E-state index in [0.29, 0.717) is 5.95 Å². The Kier molecular flexibility index (Phi) is 4.66. The quantitative estimate of drug-likeness (QED) is 0.709. The first-order valence-corrected chi connectivity index (χ1v) is 9.15. The number of methoxy groups -OCH3 is 1. The Hall–Kier alpha value is -3.09. The van der Waals surface area contributed by atoms with Crippen molar-refractivity contribution in [3.63, 3.8) is 0 Å². The van der Waals surface area contributed by atoms with Crippen LogP contribution in [0.15, 0.2) is 42.6 Å². The fraction of sp³-hybridized carbons (Fsp3) is 0.350. The van der Waals surface area contributed by atoms with Crippen molar-refractivity contribution >= 4 is 11.5 Å². The van der Waals surface area contributed by atoms with Crippen LogP contribution in [0.3, 0.4) is 0 Å². The van der Waals surface area contributed by atoms with Gasteiger partial charge in [0.05, 0.1) is 18.5 Å². The molecule has 0 bridgehead atoms. The summed E-state index contributed by atoms with van der Waals surface area (Å²) in [6.45, 7) is 7.61. The van der Waals surface area contributed by atoms with E-state index in [1.807, 2.05) is 38.1 Å². The first kappa shape index (κ1) is 17.3. The Balaban J connectivity index is 1.50. The van der Waals surface area contributed by atoms with Gasteiger partial charge in [-0.1, -0.05) is 12.1 Å². The third-order valence-corrected chi connectivity index (χ3v) is 4.86. The van der Waals surface area contributed by atoms with Crippen molar-refractivity contribution in [2.24, 2.45) is 0 Å². The number of nitrogens with zero attached hydrogens (tertiary/aromatic N) is 6. The number of anilines is 2. The lowest BCUT2D eigenvalue weighted by molar-refractivity contribution is 0.413. The van der Waals surface area contributed by atoms with Crippen molar-refractivity contribution in [2.75, 3.05) is 43.1 Å². The molecule has 27 heavy (non-hydrogen) atoms. The molecular weight excluding hydrogens is 340 g/mol. The van der Waals surface area contributed by atoms with Crippen LogP contribution in [0, 0.1) is 13.8 Å². The highest BCUT2D eigenvalue weighted by Crippen LogP contribution is 2.29. The minimum Gasteiger partial charge on any atom is -0.495 e. The van der Waals surface area contributed by atoms with E-state index in [1.165, 1.54) is 0 Å². The van der Waals surface area contributed by atoms with E-state index in [0.717, 1.165) is 54.8 Å². The highest BCUT2D eigenvalue weighted by molar-refractivity contribution is 5.59. The van der Waals surface area contributed by atoms with Gasteiger partial charge in [-0.05, 0) is 38.1 Å². The molecule has 7 heteroatoms. The minimum atomic E-state index is 0.616. The van der Waals surface area contributed by atoms with Gasteiger partial charge in [0.1, 0.15) is 11.6 Å². The lowest BCUT2D eigenvalue weighted by Crippen LogP contribution is -2.47. The van der Waals surface area contributed by atoms with Gasteiger partial charge >= 0.3 is 0 Å². The predicted molar refractivity (Wildman–Crippen MR) is 106 cm³/mol. The Morgan fingerprint density at radius 1 is 0.963 bits per heavy atom. The van der Waals surface area contributed by atoms with Crippen LogP contribution >= 0.6 is 0 Å². The summed E-state index contributed by atoms with van der Waals surface area (Å²) in [6.07, 6.45) is 1.81. The maximum absolute atomic E-state index is 5.50. The molecule has 140 valence electrons. The monoisotopic (exact) mass is 364 g/mol. The van der Waals surface area contributed by atoms with Crippen LogP contribution in [0.5, 0.6) is 5.75 Å². The molecule has 0 amide bonds. The molecule has 1 fully saturated rings. The molecule has 4 rings (SSSR count). The van der Waals surface area contributed by atoms with Crippen LogP contribution in [0.4, 0.5) is 11.5 Å². The number of ether oxygens (including phenoxy) is 1. The molecule has 3 heterocycles. The van der Waals surface area contributed by atoms with Gasteiger partial charge in [0, 0.05) is 38.1 Å². The summed E-state index contributed by atoms with van der Waals surface area (Å²) in [7, 11) is 1.72. The van der Waals surface area contributed by atoms with Gasteiger partial charge in [-0.2, -0.15) is 10.1 Å². The summed E-state index contributed by atoms with van der Waals surface area (Å²) in [4.78, 5) is 13.8. The fourth-order valence-electron chi connectivity index (χ4n) is 3.52. The van der Waals surface area contributed by atoms with Crippen LogP contribution in [-0.2, 0) is 0 Å². The van der Waals surface area contributed by atoms with Crippen LogP contribution in [0.25, 0.3) is 5.95 Å². The van der Waals surface area contributed by atoms with E-state index < -0.39 is 0 Å². The number of piperazine rings is 1. The zero-order valence-corrected chi connectivity index (χ0v) is 16.0. The molecule has 1 saturated heterocycles. The zero-order valence-electron chi connectivity index (χ0n) is 16.0. The highest BCUT2D eigenvalue weighted by atomic mass is 16.5. The molecule has 1 aliphatic heterocycles. The Morgan fingerprint density at radius 3 is 2.41 bits per heavy atom. The van der Waals surface area contributed by atoms with E-state index >= 15 is 0 Å². The van der Waals surface area contributed by atoms with E-state index in [-0.39, 0.29) is 0 Å². The van der Waals surface area contributed by atoms with Crippen molar-refractivity contribution in [3.8, 4) is 11.7 Å². The average Bonchev–Trinajstić information content (AvgIpc) is 3.06. The summed E-state index contributed by atoms with van der Waals surface area (Å²) in [6, 6.07) is 12.2. The molecule has 0 radical (unpaired) electrons. The highest BCUT2D eigenvalue weighted by Gasteiger charge is 2.21. The molecule has 0 N–H and O–H groups in total. The number of hydrogen-bond acceptors (Lipinski definition) is 6. The number of aryl methyl sites for hydroxylation is 2. The second-order valence-electron chi connectivity index (χ2n) is 6.70. The second-order valence-corrected chi connectivity index (χ2v) is 6.70. The second kappa shape index (κ2) is 7.26. The molecule has 1 aliphatic rings. The van der Waals surface area contributed by atoms with Gasteiger partial charge in [0.15, 0.2) is 0 Å². The molecular formula is C20H24N6O. The number of benzene rings is 1. The van der Waals surface area contributed by atoms with E-state index in [4.69, 9.17) is 9.72 Å². The van der Waals surface area contributed by atoms with Gasteiger partial charge < -0.3 is 14.5 Å². The average molecular weight is 364 g/mol. The Morgan fingerprint density at radius 2 is 1.70 bits per heavy atom. The number of para-hydroxylation sites is 2. The Bertz CT molecular complexity index is 930. The van der Waals surface area contributed by atoms with Crippen molar-refractivity contribution < 1.29 is 4.74 Å².